The topological polar surface area (TPSA) is 74.4 Å². The van der Waals surface area contributed by atoms with Gasteiger partial charge in [-0.3, -0.25) is 0 Å². The molecule has 0 aliphatic carbocycles. The summed E-state index contributed by atoms with van der Waals surface area (Å²) in [5.74, 6) is 3.48. The normalized spacial score (nSPS) is 10.4. The summed E-state index contributed by atoms with van der Waals surface area (Å²) < 4.78 is 4.96. The highest BCUT2D eigenvalue weighted by molar-refractivity contribution is 7.80. The number of carbonyl (C=O) groups is 1. The Morgan fingerprint density at radius 2 is 0.857 bits per heavy atom. The molecule has 258 valence electrons. The molecule has 0 aliphatic rings. The second kappa shape index (κ2) is 46.0. The highest BCUT2D eigenvalue weighted by Crippen LogP contribution is 2.08. The van der Waals surface area contributed by atoms with Crippen LogP contribution in [-0.4, -0.2) is 80.5 Å². The first-order valence-corrected chi connectivity index (χ1v) is 19.3. The minimum atomic E-state index is -0.416. The zero-order valence-electron chi connectivity index (χ0n) is 28.6. The van der Waals surface area contributed by atoms with Crippen LogP contribution in [0, 0.1) is 0 Å². The van der Waals surface area contributed by atoms with Gasteiger partial charge >= 0.3 is 6.09 Å². The summed E-state index contributed by atoms with van der Waals surface area (Å²) in [6, 6.07) is 0. The fourth-order valence-corrected chi connectivity index (χ4v) is 3.91. The van der Waals surface area contributed by atoms with E-state index in [1.807, 2.05) is 20.8 Å². The molecule has 1 amide bonds. The van der Waals surface area contributed by atoms with E-state index in [4.69, 9.17) is 4.74 Å². The van der Waals surface area contributed by atoms with E-state index < -0.39 is 5.60 Å². The van der Waals surface area contributed by atoms with Crippen LogP contribution in [-0.2, 0) is 4.74 Å². The van der Waals surface area contributed by atoms with Crippen LogP contribution >= 0.6 is 50.5 Å². The van der Waals surface area contributed by atoms with Crippen LogP contribution in [0.15, 0.2) is 0 Å². The van der Waals surface area contributed by atoms with Gasteiger partial charge in [-0.25, -0.2) is 4.79 Å². The van der Waals surface area contributed by atoms with Crippen molar-refractivity contribution < 1.29 is 9.53 Å². The standard InChI is InChI=1S/C12H27NS.C8H19NS.C7H15NO2S.C5H13NS/c1-2-3-4-5-6-7-8-9-10-13-11-12-14;1-2-3-4-5-6-9-7-8-10;1-7(2,3)10-6(9)8-4-5-11;1-2-3-6-4-5-7/h13-14H,2-12H2,1H3;9-10H,2-8H2,1H3;11H,4-5H2,1-3H3,(H,8,9);6-7H,2-5H2,1H3. The largest absolute Gasteiger partial charge is 0.444 e. The summed E-state index contributed by atoms with van der Waals surface area (Å²) in [5, 5.41) is 12.4. The van der Waals surface area contributed by atoms with Gasteiger partial charge in [-0.2, -0.15) is 50.5 Å². The first-order chi connectivity index (χ1) is 20.2. The van der Waals surface area contributed by atoms with Crippen molar-refractivity contribution in [1.82, 2.24) is 21.3 Å². The van der Waals surface area contributed by atoms with E-state index in [9.17, 15) is 4.79 Å². The van der Waals surface area contributed by atoms with Gasteiger partial charge in [0, 0.05) is 49.2 Å². The molecule has 4 N–H and O–H groups in total. The summed E-state index contributed by atoms with van der Waals surface area (Å²) >= 11 is 16.2. The van der Waals surface area contributed by atoms with E-state index in [0.29, 0.717) is 12.3 Å². The number of alkyl carbamates (subject to hydrolysis) is 1. The quantitative estimate of drug-likeness (QED) is 0.0393. The molecule has 0 aromatic carbocycles. The zero-order valence-corrected chi connectivity index (χ0v) is 32.2. The predicted molar refractivity (Wildman–Crippen MR) is 205 cm³/mol. The SMILES string of the molecule is CC(C)(C)OC(=O)NCCS.CCCCCCCCCCNCCS.CCCCCCNCCS.CCCNCCS. The van der Waals surface area contributed by atoms with Crippen molar-refractivity contribution in [2.75, 3.05) is 68.8 Å². The van der Waals surface area contributed by atoms with Crippen molar-refractivity contribution in [1.29, 1.82) is 0 Å². The molecule has 6 nitrogen and oxygen atoms in total. The van der Waals surface area contributed by atoms with Crippen LogP contribution in [0.1, 0.15) is 125 Å². The molecule has 0 saturated heterocycles. The number of nitrogens with one attached hydrogen (secondary N) is 4. The molecule has 0 heterocycles. The summed E-state index contributed by atoms with van der Waals surface area (Å²) in [6.07, 6.45) is 17.5. The first kappa shape index (κ1) is 49.4. The van der Waals surface area contributed by atoms with Gasteiger partial charge in [-0.1, -0.05) is 85.0 Å². The molecule has 0 aliphatic heterocycles. The predicted octanol–water partition coefficient (Wildman–Crippen LogP) is 8.09. The van der Waals surface area contributed by atoms with Crippen molar-refractivity contribution >= 4 is 56.6 Å². The molecule has 0 atom stereocenters. The van der Waals surface area contributed by atoms with Crippen molar-refractivity contribution in [2.24, 2.45) is 0 Å². The molecule has 10 heteroatoms. The van der Waals surface area contributed by atoms with Crippen LogP contribution in [0.3, 0.4) is 0 Å². The van der Waals surface area contributed by atoms with E-state index in [0.717, 1.165) is 43.4 Å². The lowest BCUT2D eigenvalue weighted by Crippen LogP contribution is -2.33. The molecule has 0 bridgehead atoms. The third-order valence-corrected chi connectivity index (χ3v) is 6.38. The Morgan fingerprint density at radius 3 is 1.21 bits per heavy atom. The monoisotopic (exact) mass is 674 g/mol. The Labute approximate surface area is 285 Å². The van der Waals surface area contributed by atoms with Crippen LogP contribution in [0.5, 0.6) is 0 Å². The van der Waals surface area contributed by atoms with Gasteiger partial charge in [0.1, 0.15) is 5.60 Å². The summed E-state index contributed by atoms with van der Waals surface area (Å²) in [6.45, 7) is 19.3. The molecule has 0 spiro atoms. The van der Waals surface area contributed by atoms with Gasteiger partial charge in [0.25, 0.3) is 0 Å². The molecular weight excluding hydrogens is 601 g/mol. The third kappa shape index (κ3) is 63.7. The Hall–Kier alpha value is 0.550. The molecule has 0 saturated carbocycles. The average molecular weight is 675 g/mol. The minimum absolute atomic E-state index is 0.383. The molecule has 0 aromatic rings. The van der Waals surface area contributed by atoms with E-state index >= 15 is 0 Å². The fourth-order valence-electron chi connectivity index (χ4n) is 3.32. The number of thiol groups is 4. The maximum absolute atomic E-state index is 10.9. The number of unbranched alkanes of at least 4 members (excludes halogenated alkanes) is 10. The highest BCUT2D eigenvalue weighted by atomic mass is 32.1. The number of hydrogen-bond acceptors (Lipinski definition) is 9. The van der Waals surface area contributed by atoms with Crippen molar-refractivity contribution in [3.05, 3.63) is 0 Å². The van der Waals surface area contributed by atoms with Crippen molar-refractivity contribution in [3.8, 4) is 0 Å². The van der Waals surface area contributed by atoms with Gasteiger partial charge < -0.3 is 26.0 Å². The lowest BCUT2D eigenvalue weighted by Gasteiger charge is -2.19. The highest BCUT2D eigenvalue weighted by Gasteiger charge is 2.14. The van der Waals surface area contributed by atoms with E-state index in [2.05, 4.69) is 92.6 Å². The maximum atomic E-state index is 10.9. The Morgan fingerprint density at radius 1 is 0.500 bits per heavy atom. The molecule has 0 radical (unpaired) electrons. The van der Waals surface area contributed by atoms with E-state index in [1.54, 1.807) is 0 Å². The molecule has 0 aromatic heterocycles. The minimum Gasteiger partial charge on any atom is -0.444 e. The average Bonchev–Trinajstić information content (AvgIpc) is 2.95. The van der Waals surface area contributed by atoms with Crippen molar-refractivity contribution in [2.45, 2.75) is 131 Å². The molecular formula is C32H74N4O2S4. The second-order valence-corrected chi connectivity index (χ2v) is 12.9. The summed E-state index contributed by atoms with van der Waals surface area (Å²) in [5.41, 5.74) is -0.416. The smallest absolute Gasteiger partial charge is 0.407 e. The van der Waals surface area contributed by atoms with Crippen molar-refractivity contribution in [3.63, 3.8) is 0 Å². The fraction of sp³-hybridized carbons (Fsp3) is 0.969. The van der Waals surface area contributed by atoms with Crippen LogP contribution < -0.4 is 21.3 Å². The van der Waals surface area contributed by atoms with E-state index in [-0.39, 0.29) is 6.09 Å². The number of hydrogen-bond donors (Lipinski definition) is 8. The lowest BCUT2D eigenvalue weighted by atomic mass is 10.1. The van der Waals surface area contributed by atoms with Crippen LogP contribution in [0.25, 0.3) is 0 Å². The molecule has 0 fully saturated rings. The van der Waals surface area contributed by atoms with Gasteiger partial charge in [0.05, 0.1) is 0 Å². The number of carbonyl (C=O) groups excluding carboxylic acids is 1. The van der Waals surface area contributed by atoms with Gasteiger partial charge in [-0.05, 0) is 59.7 Å². The maximum Gasteiger partial charge on any atom is 0.407 e. The molecule has 42 heavy (non-hydrogen) atoms. The van der Waals surface area contributed by atoms with Gasteiger partial charge in [-0.15, -0.1) is 0 Å². The Balaban J connectivity index is -0.000000236. The lowest BCUT2D eigenvalue weighted by molar-refractivity contribution is 0.0531. The Bertz CT molecular complexity index is 450. The Kier molecular flexibility index (Phi) is 54.1. The number of ether oxygens (including phenoxy) is 1. The van der Waals surface area contributed by atoms with Crippen LogP contribution in [0.2, 0.25) is 0 Å². The first-order valence-electron chi connectivity index (χ1n) is 16.7. The second-order valence-electron chi connectivity index (χ2n) is 11.1. The van der Waals surface area contributed by atoms with Gasteiger partial charge in [0.2, 0.25) is 0 Å². The summed E-state index contributed by atoms with van der Waals surface area (Å²) in [7, 11) is 0. The van der Waals surface area contributed by atoms with Gasteiger partial charge in [0.15, 0.2) is 0 Å². The van der Waals surface area contributed by atoms with E-state index in [1.165, 1.54) is 96.6 Å². The number of amides is 1. The summed E-state index contributed by atoms with van der Waals surface area (Å²) in [4.78, 5) is 10.9. The molecule has 0 unspecified atom stereocenters. The van der Waals surface area contributed by atoms with Crippen LogP contribution in [0.4, 0.5) is 4.79 Å². The number of rotatable bonds is 24. The third-order valence-electron chi connectivity index (χ3n) is 5.49. The molecule has 0 rings (SSSR count). The zero-order chi connectivity index (χ0) is 32.6.